The summed E-state index contributed by atoms with van der Waals surface area (Å²) in [5.74, 6) is 6.28. The number of nitrogens with two attached hydrogens (primary N) is 1. The Morgan fingerprint density at radius 3 is 2.56 bits per heavy atom. The highest BCUT2D eigenvalue weighted by Gasteiger charge is 2.16. The first-order chi connectivity index (χ1) is 7.59. The highest BCUT2D eigenvalue weighted by Crippen LogP contribution is 2.21. The van der Waals surface area contributed by atoms with E-state index in [1.54, 1.807) is 7.05 Å². The third-order valence-corrected chi connectivity index (χ3v) is 3.48. The second-order valence-corrected chi connectivity index (χ2v) is 5.00. The normalized spacial score (nSPS) is 18.7. The largest absolute Gasteiger partial charge is 0.306 e. The minimum Gasteiger partial charge on any atom is -0.306 e. The fourth-order valence-electron chi connectivity index (χ4n) is 2.24. The van der Waals surface area contributed by atoms with Gasteiger partial charge in [0.15, 0.2) is 0 Å². The quantitative estimate of drug-likeness (QED) is 0.332. The predicted molar refractivity (Wildman–Crippen MR) is 65.6 cm³/mol. The fraction of sp³-hybridized carbons (Fsp3) is 0.917. The van der Waals surface area contributed by atoms with Gasteiger partial charge in [-0.05, 0) is 45.3 Å². The van der Waals surface area contributed by atoms with E-state index in [-0.39, 0.29) is 5.91 Å². The zero-order chi connectivity index (χ0) is 12.0. The van der Waals surface area contributed by atoms with Crippen molar-refractivity contribution in [2.45, 2.75) is 38.5 Å². The lowest BCUT2D eigenvalue weighted by molar-refractivity contribution is -0.130. The van der Waals surface area contributed by atoms with E-state index in [9.17, 15) is 4.79 Å². The van der Waals surface area contributed by atoms with Gasteiger partial charge in [0.1, 0.15) is 0 Å². The molecule has 16 heavy (non-hydrogen) atoms. The summed E-state index contributed by atoms with van der Waals surface area (Å²) in [6.07, 6.45) is 6.65. The van der Waals surface area contributed by atoms with Crippen LogP contribution in [0.4, 0.5) is 0 Å². The van der Waals surface area contributed by atoms with Gasteiger partial charge in [-0.1, -0.05) is 12.8 Å². The van der Waals surface area contributed by atoms with Crippen LogP contribution < -0.4 is 5.84 Å². The number of likely N-dealkylation sites (tertiary alicyclic amines) is 1. The van der Waals surface area contributed by atoms with Gasteiger partial charge in [0, 0.05) is 13.5 Å². The Labute approximate surface area is 98.7 Å². The second kappa shape index (κ2) is 6.86. The first-order valence-corrected chi connectivity index (χ1v) is 6.29. The van der Waals surface area contributed by atoms with E-state index < -0.39 is 0 Å². The van der Waals surface area contributed by atoms with Gasteiger partial charge in [0.2, 0.25) is 5.91 Å². The number of rotatable bonds is 5. The van der Waals surface area contributed by atoms with Crippen molar-refractivity contribution in [3.05, 3.63) is 0 Å². The van der Waals surface area contributed by atoms with Gasteiger partial charge in [-0.15, -0.1) is 0 Å². The molecule has 94 valence electrons. The summed E-state index contributed by atoms with van der Waals surface area (Å²) in [5, 5.41) is 1.19. The molecule has 4 heteroatoms. The van der Waals surface area contributed by atoms with Crippen LogP contribution >= 0.6 is 0 Å². The van der Waals surface area contributed by atoms with Crippen LogP contribution in [0, 0.1) is 5.92 Å². The van der Waals surface area contributed by atoms with Crippen LogP contribution in [0.5, 0.6) is 0 Å². The van der Waals surface area contributed by atoms with Crippen molar-refractivity contribution in [1.29, 1.82) is 0 Å². The number of carbonyl (C=O) groups excluding carboxylic acids is 1. The predicted octanol–water partition coefficient (Wildman–Crippen LogP) is 1.22. The summed E-state index contributed by atoms with van der Waals surface area (Å²) in [6.45, 7) is 2.46. The molecule has 0 aromatic rings. The molecule has 0 radical (unpaired) electrons. The molecule has 1 rings (SSSR count). The Hall–Kier alpha value is -0.610. The maximum atomic E-state index is 11.2. The van der Waals surface area contributed by atoms with Crippen LogP contribution in [0.15, 0.2) is 0 Å². The van der Waals surface area contributed by atoms with Crippen LogP contribution in [0.1, 0.15) is 38.5 Å². The Kier molecular flexibility index (Phi) is 5.77. The first-order valence-electron chi connectivity index (χ1n) is 6.29. The van der Waals surface area contributed by atoms with Crippen molar-refractivity contribution >= 4 is 5.91 Å². The number of unbranched alkanes of at least 4 members (excludes halogenated alkanes) is 1. The average Bonchev–Trinajstić information content (AvgIpc) is 2.26. The minimum absolute atomic E-state index is 0.0448. The van der Waals surface area contributed by atoms with Crippen molar-refractivity contribution in [1.82, 2.24) is 9.91 Å². The smallest absolute Gasteiger partial charge is 0.236 e. The van der Waals surface area contributed by atoms with Crippen LogP contribution in [0.2, 0.25) is 0 Å². The lowest BCUT2D eigenvalue weighted by atomic mass is 9.91. The molecule has 1 heterocycles. The molecule has 0 saturated carbocycles. The number of hydrogen-bond donors (Lipinski definition) is 1. The molecular formula is C12H25N3O. The molecule has 0 bridgehead atoms. The van der Waals surface area contributed by atoms with Crippen molar-refractivity contribution in [2.75, 3.05) is 27.2 Å². The number of hydrazine groups is 1. The van der Waals surface area contributed by atoms with Gasteiger partial charge in [-0.25, -0.2) is 5.84 Å². The maximum Gasteiger partial charge on any atom is 0.236 e. The molecule has 0 unspecified atom stereocenters. The summed E-state index contributed by atoms with van der Waals surface area (Å²) < 4.78 is 0. The molecule has 1 saturated heterocycles. The Morgan fingerprint density at radius 2 is 2.00 bits per heavy atom. The van der Waals surface area contributed by atoms with Gasteiger partial charge in [0.25, 0.3) is 0 Å². The lowest BCUT2D eigenvalue weighted by Gasteiger charge is -2.28. The molecule has 0 spiro atoms. The third-order valence-electron chi connectivity index (χ3n) is 3.48. The number of piperidine rings is 1. The van der Waals surface area contributed by atoms with Crippen LogP contribution in [-0.4, -0.2) is 43.0 Å². The Morgan fingerprint density at radius 1 is 1.38 bits per heavy atom. The molecule has 0 atom stereocenters. The van der Waals surface area contributed by atoms with Crippen molar-refractivity contribution in [3.63, 3.8) is 0 Å². The molecule has 1 fully saturated rings. The van der Waals surface area contributed by atoms with E-state index in [4.69, 9.17) is 5.84 Å². The van der Waals surface area contributed by atoms with E-state index in [1.165, 1.54) is 37.4 Å². The van der Waals surface area contributed by atoms with Crippen LogP contribution in [0.25, 0.3) is 0 Å². The molecule has 1 aliphatic rings. The lowest BCUT2D eigenvalue weighted by Crippen LogP contribution is -2.32. The van der Waals surface area contributed by atoms with Gasteiger partial charge in [0.05, 0.1) is 0 Å². The molecule has 0 aromatic heterocycles. The van der Waals surface area contributed by atoms with Crippen LogP contribution in [0.3, 0.4) is 0 Å². The summed E-state index contributed by atoms with van der Waals surface area (Å²) in [7, 11) is 3.80. The highest BCUT2D eigenvalue weighted by atomic mass is 16.2. The highest BCUT2D eigenvalue weighted by molar-refractivity contribution is 5.75. The molecule has 2 N–H and O–H groups in total. The van der Waals surface area contributed by atoms with E-state index in [0.29, 0.717) is 6.42 Å². The van der Waals surface area contributed by atoms with Gasteiger partial charge >= 0.3 is 0 Å². The SMILES string of the molecule is CN1CCC(CCCCC(=O)N(C)N)CC1. The molecular weight excluding hydrogens is 202 g/mol. The molecule has 1 aliphatic heterocycles. The zero-order valence-corrected chi connectivity index (χ0v) is 10.6. The standard InChI is InChI=1S/C12H25N3O/c1-14-9-7-11(8-10-14)5-3-4-6-12(16)15(2)13/h11H,3-10,13H2,1-2H3. The molecule has 4 nitrogen and oxygen atoms in total. The molecule has 1 amide bonds. The van der Waals surface area contributed by atoms with E-state index in [0.717, 1.165) is 18.8 Å². The van der Waals surface area contributed by atoms with E-state index in [2.05, 4.69) is 11.9 Å². The number of carbonyl (C=O) groups is 1. The molecule has 0 aliphatic carbocycles. The summed E-state index contributed by atoms with van der Waals surface area (Å²) in [6, 6.07) is 0. The minimum atomic E-state index is 0.0448. The Bertz CT molecular complexity index is 210. The second-order valence-electron chi connectivity index (χ2n) is 5.00. The van der Waals surface area contributed by atoms with Crippen molar-refractivity contribution in [3.8, 4) is 0 Å². The first kappa shape index (κ1) is 13.5. The Balaban J connectivity index is 2.01. The monoisotopic (exact) mass is 227 g/mol. The summed E-state index contributed by atoms with van der Waals surface area (Å²) in [5.41, 5.74) is 0. The van der Waals surface area contributed by atoms with Gasteiger partial charge in [-0.3, -0.25) is 9.80 Å². The van der Waals surface area contributed by atoms with E-state index in [1.807, 2.05) is 0 Å². The number of amides is 1. The summed E-state index contributed by atoms with van der Waals surface area (Å²) >= 11 is 0. The van der Waals surface area contributed by atoms with E-state index >= 15 is 0 Å². The summed E-state index contributed by atoms with van der Waals surface area (Å²) in [4.78, 5) is 13.6. The zero-order valence-electron chi connectivity index (χ0n) is 10.6. The van der Waals surface area contributed by atoms with Crippen LogP contribution in [-0.2, 0) is 4.79 Å². The third kappa shape index (κ3) is 4.94. The van der Waals surface area contributed by atoms with Gasteiger partial charge in [-0.2, -0.15) is 0 Å². The number of hydrogen-bond acceptors (Lipinski definition) is 3. The fourth-order valence-corrected chi connectivity index (χ4v) is 2.24. The maximum absolute atomic E-state index is 11.2. The topological polar surface area (TPSA) is 49.6 Å². The molecule has 0 aromatic carbocycles. The number of nitrogens with zero attached hydrogens (tertiary/aromatic N) is 2. The average molecular weight is 227 g/mol. The van der Waals surface area contributed by atoms with Crippen molar-refractivity contribution < 1.29 is 4.79 Å². The van der Waals surface area contributed by atoms with Gasteiger partial charge < -0.3 is 4.90 Å². The van der Waals surface area contributed by atoms with Crippen molar-refractivity contribution in [2.24, 2.45) is 11.8 Å².